The Hall–Kier alpha value is -4.29. The number of guanidine groups is 1. The van der Waals surface area contributed by atoms with E-state index in [-0.39, 0.29) is 37.8 Å². The van der Waals surface area contributed by atoms with Crippen LogP contribution in [0.3, 0.4) is 0 Å². The summed E-state index contributed by atoms with van der Waals surface area (Å²) < 4.78 is 17.1. The molecular weight excluding hydrogens is 728 g/mol. The SMILES string of the molecule is CCCCCCCCCCCCCCCC(=O)OC[C@H]1O[C@@H](n2ccc(NC(=O)[C@H](CCCN=C(N)N)NC(=O)CNC(=O)OC(C)(C)C)nc2=O)[C@@H](O)[C@@H]1O. The van der Waals surface area contributed by atoms with Crippen LogP contribution >= 0.6 is 0 Å². The van der Waals surface area contributed by atoms with Gasteiger partial charge >= 0.3 is 17.8 Å². The molecule has 0 unspecified atom stereocenters. The summed E-state index contributed by atoms with van der Waals surface area (Å²) in [5.74, 6) is -2.16. The Kier molecular flexibility index (Phi) is 22.0. The number of aliphatic imine (C=N–C) groups is 1. The van der Waals surface area contributed by atoms with E-state index in [9.17, 15) is 34.2 Å². The van der Waals surface area contributed by atoms with E-state index in [1.165, 1.54) is 70.1 Å². The van der Waals surface area contributed by atoms with Crippen LogP contribution in [0.2, 0.25) is 0 Å². The highest BCUT2D eigenvalue weighted by Crippen LogP contribution is 2.29. The smallest absolute Gasteiger partial charge is 0.408 e. The average molecular weight is 795 g/mol. The number of nitrogens with two attached hydrogens (primary N) is 2. The highest BCUT2D eigenvalue weighted by atomic mass is 16.6. The van der Waals surface area contributed by atoms with Crippen molar-refractivity contribution in [3.05, 3.63) is 22.7 Å². The summed E-state index contributed by atoms with van der Waals surface area (Å²) in [6.07, 6.45) is 11.0. The molecule has 18 nitrogen and oxygen atoms in total. The zero-order valence-corrected chi connectivity index (χ0v) is 33.6. The number of unbranched alkanes of at least 4 members (excludes halogenated alkanes) is 12. The lowest BCUT2D eigenvalue weighted by Crippen LogP contribution is -2.48. The number of aliphatic hydroxyl groups is 2. The second-order valence-corrected chi connectivity index (χ2v) is 15.1. The molecule has 1 aliphatic heterocycles. The molecule has 2 heterocycles. The van der Waals surface area contributed by atoms with Crippen molar-refractivity contribution < 1.29 is 43.6 Å². The monoisotopic (exact) mass is 794 g/mol. The summed E-state index contributed by atoms with van der Waals surface area (Å²) in [5.41, 5.74) is 9.03. The first-order valence-corrected chi connectivity index (χ1v) is 20.0. The van der Waals surface area contributed by atoms with Crippen molar-refractivity contribution in [2.24, 2.45) is 16.5 Å². The molecule has 0 saturated carbocycles. The lowest BCUT2D eigenvalue weighted by molar-refractivity contribution is -0.150. The predicted molar refractivity (Wildman–Crippen MR) is 210 cm³/mol. The van der Waals surface area contributed by atoms with Gasteiger partial charge in [-0.1, -0.05) is 84.0 Å². The van der Waals surface area contributed by atoms with Gasteiger partial charge in [0.1, 0.15) is 48.9 Å². The Balaban J connectivity index is 1.84. The average Bonchev–Trinajstić information content (AvgIpc) is 3.40. The summed E-state index contributed by atoms with van der Waals surface area (Å²) in [4.78, 5) is 70.8. The van der Waals surface area contributed by atoms with Gasteiger partial charge in [0.25, 0.3) is 0 Å². The van der Waals surface area contributed by atoms with Crippen molar-refractivity contribution in [3.8, 4) is 0 Å². The van der Waals surface area contributed by atoms with Crippen LogP contribution in [0.5, 0.6) is 0 Å². The van der Waals surface area contributed by atoms with E-state index in [2.05, 4.69) is 32.9 Å². The number of alkyl carbamates (subject to hydrolysis) is 1. The Bertz CT molecular complexity index is 1450. The molecule has 1 aliphatic rings. The van der Waals surface area contributed by atoms with E-state index in [0.717, 1.165) is 23.8 Å². The van der Waals surface area contributed by atoms with E-state index < -0.39 is 72.3 Å². The topological polar surface area (TPSA) is 272 Å². The van der Waals surface area contributed by atoms with Crippen molar-refractivity contribution in [1.29, 1.82) is 0 Å². The van der Waals surface area contributed by atoms with Crippen LogP contribution in [0.25, 0.3) is 0 Å². The zero-order chi connectivity index (χ0) is 41.5. The fourth-order valence-corrected chi connectivity index (χ4v) is 6.00. The first-order chi connectivity index (χ1) is 26.6. The van der Waals surface area contributed by atoms with Gasteiger partial charge < -0.3 is 51.8 Å². The summed E-state index contributed by atoms with van der Waals surface area (Å²) in [6.45, 7) is 6.61. The van der Waals surface area contributed by atoms with Gasteiger partial charge in [0.2, 0.25) is 11.8 Å². The molecule has 9 N–H and O–H groups in total. The first-order valence-electron chi connectivity index (χ1n) is 20.0. The number of carbonyl (C=O) groups is 4. The third-order valence-corrected chi connectivity index (χ3v) is 8.97. The highest BCUT2D eigenvalue weighted by Gasteiger charge is 2.44. The molecule has 1 saturated heterocycles. The number of aliphatic hydroxyl groups excluding tert-OH is 2. The van der Waals surface area contributed by atoms with Gasteiger partial charge in [-0.25, -0.2) is 9.59 Å². The number of nitrogens with one attached hydrogen (secondary N) is 3. The van der Waals surface area contributed by atoms with Crippen molar-refractivity contribution in [2.45, 2.75) is 167 Å². The number of rotatable bonds is 26. The number of carbonyl (C=O) groups excluding carboxylic acids is 4. The van der Waals surface area contributed by atoms with Crippen LogP contribution in [-0.4, -0.2) is 99.3 Å². The maximum atomic E-state index is 13.2. The molecule has 318 valence electrons. The van der Waals surface area contributed by atoms with Crippen molar-refractivity contribution in [3.63, 3.8) is 0 Å². The molecule has 18 heteroatoms. The quantitative estimate of drug-likeness (QED) is 0.0308. The van der Waals surface area contributed by atoms with E-state index in [4.69, 9.17) is 25.7 Å². The molecule has 3 amide bonds. The summed E-state index contributed by atoms with van der Waals surface area (Å²) in [7, 11) is 0. The second kappa shape index (κ2) is 25.8. The van der Waals surface area contributed by atoms with E-state index >= 15 is 0 Å². The predicted octanol–water partition coefficient (Wildman–Crippen LogP) is 2.89. The number of hydrogen-bond acceptors (Lipinski definition) is 12. The van der Waals surface area contributed by atoms with Crippen LogP contribution in [-0.2, 0) is 28.6 Å². The molecule has 0 aromatic carbocycles. The van der Waals surface area contributed by atoms with Crippen molar-refractivity contribution in [2.75, 3.05) is 25.0 Å². The number of anilines is 1. The maximum Gasteiger partial charge on any atom is 0.408 e. The molecule has 1 aromatic rings. The Labute approximate surface area is 329 Å². The van der Waals surface area contributed by atoms with Gasteiger partial charge in [-0.2, -0.15) is 4.98 Å². The Morgan fingerprint density at radius 3 is 2.12 bits per heavy atom. The summed E-state index contributed by atoms with van der Waals surface area (Å²) >= 11 is 0. The first kappa shape index (κ1) is 47.9. The Morgan fingerprint density at radius 1 is 0.946 bits per heavy atom. The largest absolute Gasteiger partial charge is 0.463 e. The number of esters is 1. The number of ether oxygens (including phenoxy) is 3. The van der Waals surface area contributed by atoms with E-state index in [1.54, 1.807) is 20.8 Å². The minimum Gasteiger partial charge on any atom is -0.463 e. The summed E-state index contributed by atoms with van der Waals surface area (Å²) in [5, 5.41) is 28.6. The van der Waals surface area contributed by atoms with Crippen LogP contribution in [0.1, 0.15) is 137 Å². The molecule has 1 fully saturated rings. The highest BCUT2D eigenvalue weighted by molar-refractivity contribution is 5.97. The van der Waals surface area contributed by atoms with Gasteiger partial charge in [0.05, 0.1) is 0 Å². The van der Waals surface area contributed by atoms with E-state index in [1.807, 2.05) is 0 Å². The molecular formula is C38H66N8O10. The maximum absolute atomic E-state index is 13.2. The molecule has 0 aliphatic carbocycles. The van der Waals surface area contributed by atoms with Crippen LogP contribution in [0.4, 0.5) is 10.6 Å². The fourth-order valence-electron chi connectivity index (χ4n) is 6.00. The molecule has 0 bridgehead atoms. The number of nitrogens with zero attached hydrogens (tertiary/aromatic N) is 3. The van der Waals surface area contributed by atoms with E-state index in [0.29, 0.717) is 12.8 Å². The minimum absolute atomic E-state index is 0.0865. The van der Waals surface area contributed by atoms with Crippen LogP contribution in [0.15, 0.2) is 22.1 Å². The molecule has 0 radical (unpaired) electrons. The lowest BCUT2D eigenvalue weighted by atomic mass is 10.0. The number of aromatic nitrogens is 2. The molecule has 1 aromatic heterocycles. The molecule has 2 rings (SSSR count). The van der Waals surface area contributed by atoms with Gasteiger partial charge in [-0.05, 0) is 46.1 Å². The Morgan fingerprint density at radius 2 is 1.55 bits per heavy atom. The molecule has 0 spiro atoms. The van der Waals surface area contributed by atoms with Gasteiger partial charge in [-0.15, -0.1) is 0 Å². The van der Waals surface area contributed by atoms with Crippen LogP contribution in [0, 0.1) is 0 Å². The van der Waals surface area contributed by atoms with Gasteiger partial charge in [0, 0.05) is 19.2 Å². The minimum atomic E-state index is -1.54. The van der Waals surface area contributed by atoms with Gasteiger partial charge in [-0.3, -0.25) is 23.9 Å². The standard InChI is InChI=1S/C38H66N8O10/c1-5-6-7-8-9-10-11-12-13-14-15-16-17-20-30(48)54-25-27-31(49)32(50)34(55-27)46-23-21-28(45-36(46)52)44-33(51)26(19-18-22-41-35(39)40)43-29(47)24-42-37(53)56-38(2,3)4/h21,23,26-27,31-32,34,49-50H,5-20,22,24-25H2,1-4H3,(H,42,53)(H,43,47)(H4,39,40,41)(H,44,45,51,52)/t26-,27+,31+,32-,34+/m0/s1. The summed E-state index contributed by atoms with van der Waals surface area (Å²) in [6, 6.07) is 0.136. The number of amides is 3. The van der Waals surface area contributed by atoms with Crippen LogP contribution < -0.4 is 33.1 Å². The van der Waals surface area contributed by atoms with Crippen molar-refractivity contribution >= 4 is 35.7 Å². The van der Waals surface area contributed by atoms with Crippen molar-refractivity contribution in [1.82, 2.24) is 20.2 Å². The molecule has 5 atom stereocenters. The lowest BCUT2D eigenvalue weighted by Gasteiger charge is -2.21. The zero-order valence-electron chi connectivity index (χ0n) is 33.6. The van der Waals surface area contributed by atoms with Gasteiger partial charge in [0.15, 0.2) is 12.2 Å². The third-order valence-electron chi connectivity index (χ3n) is 8.97. The third kappa shape index (κ3) is 19.5. The molecule has 56 heavy (non-hydrogen) atoms. The fraction of sp³-hybridized carbons (Fsp3) is 0.763. The normalized spacial score (nSPS) is 18.5. The second-order valence-electron chi connectivity index (χ2n) is 15.1. The number of hydrogen-bond donors (Lipinski definition) is 7.